The predicted molar refractivity (Wildman–Crippen MR) is 72.1 cm³/mol. The topological polar surface area (TPSA) is 68.0 Å². The fraction of sp³-hybridized carbons (Fsp3) is 0.231. The van der Waals surface area contributed by atoms with Gasteiger partial charge in [0, 0.05) is 11.1 Å². The maximum absolute atomic E-state index is 11.9. The van der Waals surface area contributed by atoms with Crippen molar-refractivity contribution in [3.05, 3.63) is 52.0 Å². The molecule has 3 N–H and O–H groups in total. The molecule has 0 spiro atoms. The van der Waals surface area contributed by atoms with Crippen LogP contribution in [0.1, 0.15) is 21.5 Å². The molecule has 1 heterocycles. The highest BCUT2D eigenvalue weighted by molar-refractivity contribution is 7.11. The molecule has 0 unspecified atom stereocenters. The molecule has 2 aromatic rings. The van der Waals surface area contributed by atoms with E-state index in [0.29, 0.717) is 6.54 Å². The molecule has 0 saturated heterocycles. The van der Waals surface area contributed by atoms with Gasteiger partial charge in [-0.1, -0.05) is 30.3 Å². The Morgan fingerprint density at radius 3 is 2.78 bits per heavy atom. The van der Waals surface area contributed by atoms with Crippen molar-refractivity contribution in [2.24, 2.45) is 5.73 Å². The van der Waals surface area contributed by atoms with Crippen LogP contribution in [0.2, 0.25) is 0 Å². The minimum absolute atomic E-state index is 0.174. The summed E-state index contributed by atoms with van der Waals surface area (Å²) in [7, 11) is 0. The third-order valence-corrected chi connectivity index (χ3v) is 3.46. The van der Waals surface area contributed by atoms with E-state index in [1.807, 2.05) is 37.3 Å². The Morgan fingerprint density at radius 2 is 2.17 bits per heavy atom. The minimum Gasteiger partial charge on any atom is -0.349 e. The van der Waals surface area contributed by atoms with E-state index in [1.54, 1.807) is 17.5 Å². The van der Waals surface area contributed by atoms with Crippen LogP contribution in [0.3, 0.4) is 0 Å². The van der Waals surface area contributed by atoms with Crippen LogP contribution in [0.5, 0.6) is 0 Å². The molecule has 0 aliphatic carbocycles. The SMILES string of the molecule is Cc1ncc(CNC(=O)[C@@H](N)c2ccccc2)s1. The lowest BCUT2D eigenvalue weighted by Crippen LogP contribution is -2.33. The third kappa shape index (κ3) is 3.15. The van der Waals surface area contributed by atoms with Crippen molar-refractivity contribution in [3.8, 4) is 0 Å². The summed E-state index contributed by atoms with van der Waals surface area (Å²) >= 11 is 1.57. The number of nitrogens with one attached hydrogen (secondary N) is 1. The Morgan fingerprint density at radius 1 is 1.44 bits per heavy atom. The van der Waals surface area contributed by atoms with Crippen molar-refractivity contribution >= 4 is 17.2 Å². The summed E-state index contributed by atoms with van der Waals surface area (Å²) in [6.07, 6.45) is 1.77. The van der Waals surface area contributed by atoms with Crippen LogP contribution in [-0.2, 0) is 11.3 Å². The molecule has 4 nitrogen and oxygen atoms in total. The van der Waals surface area contributed by atoms with Crippen molar-refractivity contribution in [1.29, 1.82) is 0 Å². The van der Waals surface area contributed by atoms with Crippen LogP contribution >= 0.6 is 11.3 Å². The second-order valence-electron chi connectivity index (χ2n) is 3.95. The van der Waals surface area contributed by atoms with Crippen LogP contribution in [0.25, 0.3) is 0 Å². The van der Waals surface area contributed by atoms with Crippen LogP contribution in [0.15, 0.2) is 36.5 Å². The number of hydrogen-bond donors (Lipinski definition) is 2. The molecule has 1 amide bonds. The van der Waals surface area contributed by atoms with E-state index in [2.05, 4.69) is 10.3 Å². The van der Waals surface area contributed by atoms with Gasteiger partial charge in [0.1, 0.15) is 6.04 Å². The molecule has 5 heteroatoms. The first-order valence-corrected chi connectivity index (χ1v) is 6.48. The minimum atomic E-state index is -0.625. The molecule has 18 heavy (non-hydrogen) atoms. The molecule has 0 radical (unpaired) electrons. The second kappa shape index (κ2) is 5.75. The summed E-state index contributed by atoms with van der Waals surface area (Å²) in [5, 5.41) is 3.81. The molecule has 94 valence electrons. The van der Waals surface area contributed by atoms with Gasteiger partial charge in [0.25, 0.3) is 0 Å². The maximum atomic E-state index is 11.9. The summed E-state index contributed by atoms with van der Waals surface area (Å²) < 4.78 is 0. The molecule has 2 rings (SSSR count). The van der Waals surface area contributed by atoms with E-state index in [9.17, 15) is 4.79 Å². The number of thiazole rings is 1. The Hall–Kier alpha value is -1.72. The van der Waals surface area contributed by atoms with E-state index in [0.717, 1.165) is 15.4 Å². The van der Waals surface area contributed by atoms with Gasteiger partial charge in [-0.05, 0) is 12.5 Å². The second-order valence-corrected chi connectivity index (χ2v) is 5.27. The monoisotopic (exact) mass is 261 g/mol. The smallest absolute Gasteiger partial charge is 0.241 e. The molecule has 1 aromatic carbocycles. The molecule has 0 bridgehead atoms. The Kier molecular flexibility index (Phi) is 4.07. The predicted octanol–water partition coefficient (Wildman–Crippen LogP) is 1.77. The zero-order chi connectivity index (χ0) is 13.0. The summed E-state index contributed by atoms with van der Waals surface area (Å²) in [6, 6.07) is 8.71. The normalized spacial score (nSPS) is 12.1. The van der Waals surface area contributed by atoms with Crippen LogP contribution in [-0.4, -0.2) is 10.9 Å². The highest BCUT2D eigenvalue weighted by atomic mass is 32.1. The number of nitrogens with two attached hydrogens (primary N) is 1. The molecule has 0 aliphatic heterocycles. The maximum Gasteiger partial charge on any atom is 0.241 e. The molecular weight excluding hydrogens is 246 g/mol. The Bertz CT molecular complexity index is 524. The van der Waals surface area contributed by atoms with Crippen molar-refractivity contribution in [1.82, 2.24) is 10.3 Å². The quantitative estimate of drug-likeness (QED) is 0.881. The van der Waals surface area contributed by atoms with Crippen LogP contribution in [0, 0.1) is 6.92 Å². The molecule has 0 aliphatic rings. The molecular formula is C13H15N3OS. The van der Waals surface area contributed by atoms with Gasteiger partial charge < -0.3 is 11.1 Å². The zero-order valence-corrected chi connectivity index (χ0v) is 10.9. The van der Waals surface area contributed by atoms with Gasteiger partial charge in [0.15, 0.2) is 0 Å². The summed E-state index contributed by atoms with van der Waals surface area (Å²) in [4.78, 5) is 17.0. The first kappa shape index (κ1) is 12.7. The van der Waals surface area contributed by atoms with Gasteiger partial charge in [0.2, 0.25) is 5.91 Å². The van der Waals surface area contributed by atoms with Gasteiger partial charge in [-0.2, -0.15) is 0 Å². The third-order valence-electron chi connectivity index (χ3n) is 2.55. The number of carbonyl (C=O) groups excluding carboxylic acids is 1. The van der Waals surface area contributed by atoms with Crippen molar-refractivity contribution in [2.75, 3.05) is 0 Å². The fourth-order valence-corrected chi connectivity index (χ4v) is 2.32. The number of hydrogen-bond acceptors (Lipinski definition) is 4. The summed E-state index contributed by atoms with van der Waals surface area (Å²) in [6.45, 7) is 2.41. The Labute approximate surface area is 110 Å². The van der Waals surface area contributed by atoms with Crippen molar-refractivity contribution in [3.63, 3.8) is 0 Å². The largest absolute Gasteiger partial charge is 0.349 e. The van der Waals surface area contributed by atoms with Gasteiger partial charge >= 0.3 is 0 Å². The molecule has 0 fully saturated rings. The van der Waals surface area contributed by atoms with Crippen LogP contribution in [0.4, 0.5) is 0 Å². The highest BCUT2D eigenvalue weighted by Gasteiger charge is 2.14. The van der Waals surface area contributed by atoms with E-state index in [1.165, 1.54) is 0 Å². The van der Waals surface area contributed by atoms with Gasteiger partial charge in [0.05, 0.1) is 11.6 Å². The average molecular weight is 261 g/mol. The first-order chi connectivity index (χ1) is 8.66. The van der Waals surface area contributed by atoms with Gasteiger partial charge in [-0.15, -0.1) is 11.3 Å². The zero-order valence-electron chi connectivity index (χ0n) is 10.1. The van der Waals surface area contributed by atoms with Crippen LogP contribution < -0.4 is 11.1 Å². The number of aryl methyl sites for hydroxylation is 1. The number of rotatable bonds is 4. The molecule has 0 saturated carbocycles. The number of amides is 1. The lowest BCUT2D eigenvalue weighted by Gasteiger charge is -2.11. The number of carbonyl (C=O) groups is 1. The highest BCUT2D eigenvalue weighted by Crippen LogP contribution is 2.12. The van der Waals surface area contributed by atoms with Crippen molar-refractivity contribution < 1.29 is 4.79 Å². The summed E-state index contributed by atoms with van der Waals surface area (Å²) in [5.74, 6) is -0.174. The first-order valence-electron chi connectivity index (χ1n) is 5.66. The fourth-order valence-electron chi connectivity index (χ4n) is 1.58. The van der Waals surface area contributed by atoms with E-state index in [-0.39, 0.29) is 5.91 Å². The number of benzene rings is 1. The van der Waals surface area contributed by atoms with Gasteiger partial charge in [-0.3, -0.25) is 4.79 Å². The standard InChI is InChI=1S/C13H15N3OS/c1-9-15-7-11(18-9)8-16-13(17)12(14)10-5-3-2-4-6-10/h2-7,12H,8,14H2,1H3,(H,16,17)/t12-/m0/s1. The van der Waals surface area contributed by atoms with E-state index < -0.39 is 6.04 Å². The average Bonchev–Trinajstić information content (AvgIpc) is 2.82. The lowest BCUT2D eigenvalue weighted by atomic mass is 10.1. The van der Waals surface area contributed by atoms with Gasteiger partial charge in [-0.25, -0.2) is 4.98 Å². The van der Waals surface area contributed by atoms with E-state index >= 15 is 0 Å². The Balaban J connectivity index is 1.92. The molecule has 1 aromatic heterocycles. The summed E-state index contributed by atoms with van der Waals surface area (Å²) in [5.41, 5.74) is 6.70. The van der Waals surface area contributed by atoms with E-state index in [4.69, 9.17) is 5.73 Å². The number of nitrogens with zero attached hydrogens (tertiary/aromatic N) is 1. The lowest BCUT2D eigenvalue weighted by molar-refractivity contribution is -0.122. The molecule has 1 atom stereocenters. The number of aromatic nitrogens is 1. The van der Waals surface area contributed by atoms with Crippen molar-refractivity contribution in [2.45, 2.75) is 19.5 Å².